The third kappa shape index (κ3) is 3.04. The van der Waals surface area contributed by atoms with E-state index in [-0.39, 0.29) is 11.8 Å². The predicted octanol–water partition coefficient (Wildman–Crippen LogP) is 1.10. The summed E-state index contributed by atoms with van der Waals surface area (Å²) in [6.45, 7) is 1.50. The Hall–Kier alpha value is -1.40. The minimum absolute atomic E-state index is 0.0206. The quantitative estimate of drug-likeness (QED) is 0.844. The zero-order chi connectivity index (χ0) is 12.3. The number of hydrogen-bond acceptors (Lipinski definition) is 4. The van der Waals surface area contributed by atoms with Crippen LogP contribution < -0.4 is 5.32 Å². The lowest BCUT2D eigenvalue weighted by atomic mass is 10.1. The highest BCUT2D eigenvalue weighted by Crippen LogP contribution is 2.17. The monoisotopic (exact) mass is 255 g/mol. The maximum atomic E-state index is 11.7. The van der Waals surface area contributed by atoms with E-state index in [9.17, 15) is 9.59 Å². The van der Waals surface area contributed by atoms with Gasteiger partial charge in [-0.2, -0.15) is 0 Å². The van der Waals surface area contributed by atoms with Crippen molar-refractivity contribution in [3.63, 3.8) is 0 Å². The van der Waals surface area contributed by atoms with E-state index in [0.29, 0.717) is 24.6 Å². The Morgan fingerprint density at radius 2 is 2.35 bits per heavy atom. The molecule has 2 N–H and O–H groups in total. The van der Waals surface area contributed by atoms with Gasteiger partial charge in [0.2, 0.25) is 5.91 Å². The third-order valence-corrected chi connectivity index (χ3v) is 3.68. The Labute approximate surface area is 102 Å². The third-order valence-electron chi connectivity index (χ3n) is 2.61. The number of carbonyl (C=O) groups excluding carboxylic acids is 1. The average Bonchev–Trinajstić information content (AvgIpc) is 2.97. The van der Waals surface area contributed by atoms with Crippen molar-refractivity contribution in [1.29, 1.82) is 0 Å². The summed E-state index contributed by atoms with van der Waals surface area (Å²) in [5.41, 5.74) is 0. The van der Waals surface area contributed by atoms with Gasteiger partial charge < -0.3 is 15.2 Å². The number of carboxylic acids is 1. The minimum Gasteiger partial charge on any atom is -0.477 e. The molecule has 1 aromatic rings. The molecular formula is C11H13NO4S. The molecule has 1 atom stereocenters. The van der Waals surface area contributed by atoms with E-state index in [2.05, 4.69) is 5.32 Å². The van der Waals surface area contributed by atoms with Crippen LogP contribution in [0.2, 0.25) is 0 Å². The van der Waals surface area contributed by atoms with Crippen molar-refractivity contribution in [3.8, 4) is 0 Å². The first-order chi connectivity index (χ1) is 8.16. The second-order valence-corrected chi connectivity index (χ2v) is 5.02. The molecule has 1 amide bonds. The molecule has 2 rings (SSSR count). The van der Waals surface area contributed by atoms with Crippen molar-refractivity contribution < 1.29 is 19.4 Å². The molecule has 1 unspecified atom stereocenters. The predicted molar refractivity (Wildman–Crippen MR) is 62.1 cm³/mol. The van der Waals surface area contributed by atoms with E-state index in [1.165, 1.54) is 11.3 Å². The first kappa shape index (κ1) is 12.1. The van der Waals surface area contributed by atoms with Crippen LogP contribution >= 0.6 is 11.3 Å². The number of rotatable bonds is 4. The fourth-order valence-corrected chi connectivity index (χ4v) is 2.43. The number of carbonyl (C=O) groups is 2. The molecule has 92 valence electrons. The highest BCUT2D eigenvalue weighted by Gasteiger charge is 2.23. The molecule has 1 saturated heterocycles. The molecule has 0 aromatic carbocycles. The van der Waals surface area contributed by atoms with Crippen molar-refractivity contribution >= 4 is 23.2 Å². The molecule has 0 aliphatic carbocycles. The Bertz CT molecular complexity index is 423. The summed E-state index contributed by atoms with van der Waals surface area (Å²) in [6.07, 6.45) is 0.761. The first-order valence-corrected chi connectivity index (χ1v) is 6.16. The van der Waals surface area contributed by atoms with Crippen LogP contribution in [-0.2, 0) is 16.1 Å². The zero-order valence-electron chi connectivity index (χ0n) is 9.14. The van der Waals surface area contributed by atoms with E-state index >= 15 is 0 Å². The van der Waals surface area contributed by atoms with Gasteiger partial charge in [0.1, 0.15) is 4.88 Å². The molecule has 1 fully saturated rings. The molecule has 2 heterocycles. The smallest absolute Gasteiger partial charge is 0.345 e. The highest BCUT2D eigenvalue weighted by atomic mass is 32.1. The molecule has 0 spiro atoms. The fourth-order valence-electron chi connectivity index (χ4n) is 1.65. The summed E-state index contributed by atoms with van der Waals surface area (Å²) in [5.74, 6) is -1.02. The molecule has 5 nitrogen and oxygen atoms in total. The van der Waals surface area contributed by atoms with E-state index in [0.717, 1.165) is 11.3 Å². The van der Waals surface area contributed by atoms with Crippen molar-refractivity contribution in [2.75, 3.05) is 13.2 Å². The summed E-state index contributed by atoms with van der Waals surface area (Å²) in [7, 11) is 0. The zero-order valence-corrected chi connectivity index (χ0v) is 9.96. The highest BCUT2D eigenvalue weighted by molar-refractivity contribution is 7.13. The van der Waals surface area contributed by atoms with E-state index in [1.54, 1.807) is 12.1 Å². The number of ether oxygens (including phenoxy) is 1. The van der Waals surface area contributed by atoms with Crippen molar-refractivity contribution in [1.82, 2.24) is 5.32 Å². The van der Waals surface area contributed by atoms with Crippen molar-refractivity contribution in [2.24, 2.45) is 5.92 Å². The largest absolute Gasteiger partial charge is 0.477 e. The van der Waals surface area contributed by atoms with Gasteiger partial charge in [0.25, 0.3) is 0 Å². The lowest BCUT2D eigenvalue weighted by Gasteiger charge is -2.07. The lowest BCUT2D eigenvalue weighted by molar-refractivity contribution is -0.125. The van der Waals surface area contributed by atoms with Crippen molar-refractivity contribution in [2.45, 2.75) is 13.0 Å². The Kier molecular flexibility index (Phi) is 3.75. The van der Waals surface area contributed by atoms with Gasteiger partial charge >= 0.3 is 5.97 Å². The summed E-state index contributed by atoms with van der Waals surface area (Å²) in [4.78, 5) is 23.5. The second-order valence-electron chi connectivity index (χ2n) is 3.85. The SMILES string of the molecule is O=C(O)c1ccc(CNC(=O)C2CCOC2)s1. The molecule has 1 aliphatic rings. The average molecular weight is 255 g/mol. The minimum atomic E-state index is -0.934. The normalized spacial score (nSPS) is 19.2. The Morgan fingerprint density at radius 3 is 2.94 bits per heavy atom. The Balaban J connectivity index is 1.84. The number of hydrogen-bond donors (Lipinski definition) is 2. The van der Waals surface area contributed by atoms with E-state index < -0.39 is 5.97 Å². The number of aromatic carboxylic acids is 1. The van der Waals surface area contributed by atoms with Crippen LogP contribution in [0, 0.1) is 5.92 Å². The fraction of sp³-hybridized carbons (Fsp3) is 0.455. The summed E-state index contributed by atoms with van der Waals surface area (Å²) < 4.78 is 5.13. The van der Waals surface area contributed by atoms with Crippen LogP contribution in [0.15, 0.2) is 12.1 Å². The van der Waals surface area contributed by atoms with Gasteiger partial charge in [-0.1, -0.05) is 0 Å². The molecular weight excluding hydrogens is 242 g/mol. The molecule has 1 aliphatic heterocycles. The van der Waals surface area contributed by atoms with E-state index in [4.69, 9.17) is 9.84 Å². The maximum absolute atomic E-state index is 11.7. The molecule has 0 bridgehead atoms. The van der Waals surface area contributed by atoms with Crippen LogP contribution in [0.5, 0.6) is 0 Å². The van der Waals surface area contributed by atoms with Crippen molar-refractivity contribution in [3.05, 3.63) is 21.9 Å². The van der Waals surface area contributed by atoms with Gasteiger partial charge in [-0.25, -0.2) is 4.79 Å². The van der Waals surface area contributed by atoms with Gasteiger partial charge in [0.15, 0.2) is 0 Å². The molecule has 1 aromatic heterocycles. The molecule has 0 saturated carbocycles. The standard InChI is InChI=1S/C11H13NO4S/c13-10(7-3-4-16-6-7)12-5-8-1-2-9(17-8)11(14)15/h1-2,7H,3-6H2,(H,12,13)(H,14,15). The van der Waals surface area contributed by atoms with Crippen LogP contribution in [0.1, 0.15) is 21.0 Å². The molecule has 0 radical (unpaired) electrons. The van der Waals surface area contributed by atoms with Crippen LogP contribution in [0.3, 0.4) is 0 Å². The van der Waals surface area contributed by atoms with Gasteiger partial charge in [-0.15, -0.1) is 11.3 Å². The summed E-state index contributed by atoms with van der Waals surface area (Å²) in [6, 6.07) is 3.27. The number of amides is 1. The summed E-state index contributed by atoms with van der Waals surface area (Å²) in [5, 5.41) is 11.5. The lowest BCUT2D eigenvalue weighted by Crippen LogP contribution is -2.30. The van der Waals surface area contributed by atoms with Gasteiger partial charge in [0.05, 0.1) is 19.1 Å². The summed E-state index contributed by atoms with van der Waals surface area (Å²) >= 11 is 1.18. The van der Waals surface area contributed by atoms with Crippen LogP contribution in [-0.4, -0.2) is 30.2 Å². The number of nitrogens with one attached hydrogen (secondary N) is 1. The number of carboxylic acid groups (broad SMARTS) is 1. The topological polar surface area (TPSA) is 75.6 Å². The number of thiophene rings is 1. The molecule has 6 heteroatoms. The second kappa shape index (κ2) is 5.29. The first-order valence-electron chi connectivity index (χ1n) is 5.34. The molecule has 17 heavy (non-hydrogen) atoms. The van der Waals surface area contributed by atoms with E-state index in [1.807, 2.05) is 0 Å². The van der Waals surface area contributed by atoms with Crippen LogP contribution in [0.25, 0.3) is 0 Å². The maximum Gasteiger partial charge on any atom is 0.345 e. The van der Waals surface area contributed by atoms with Crippen LogP contribution in [0.4, 0.5) is 0 Å². The Morgan fingerprint density at radius 1 is 1.53 bits per heavy atom. The van der Waals surface area contributed by atoms with Gasteiger partial charge in [-0.05, 0) is 18.6 Å². The van der Waals surface area contributed by atoms with Gasteiger partial charge in [0, 0.05) is 11.5 Å². The van der Waals surface area contributed by atoms with Gasteiger partial charge in [-0.3, -0.25) is 4.79 Å².